The highest BCUT2D eigenvalue weighted by Gasteiger charge is 2.50. The molecular formula is C14H18ClF3N2O2. The Morgan fingerprint density at radius 1 is 1.36 bits per heavy atom. The molecule has 124 valence electrons. The van der Waals surface area contributed by atoms with Crippen LogP contribution in [0.2, 0.25) is 5.02 Å². The molecule has 2 rings (SSSR count). The zero-order valence-electron chi connectivity index (χ0n) is 12.1. The number of aromatic nitrogens is 1. The zero-order valence-corrected chi connectivity index (χ0v) is 12.9. The Bertz CT molecular complexity index is 503. The molecule has 0 radical (unpaired) electrons. The van der Waals surface area contributed by atoms with Gasteiger partial charge in [-0.3, -0.25) is 9.88 Å². The van der Waals surface area contributed by atoms with Crippen LogP contribution in [0.5, 0.6) is 5.75 Å². The van der Waals surface area contributed by atoms with Gasteiger partial charge in [-0.25, -0.2) is 0 Å². The zero-order chi connectivity index (χ0) is 16.4. The molecule has 22 heavy (non-hydrogen) atoms. The van der Waals surface area contributed by atoms with Crippen molar-refractivity contribution in [2.24, 2.45) is 0 Å². The van der Waals surface area contributed by atoms with Gasteiger partial charge in [0.25, 0.3) is 0 Å². The van der Waals surface area contributed by atoms with Crippen molar-refractivity contribution in [2.45, 2.75) is 37.6 Å². The van der Waals surface area contributed by atoms with E-state index < -0.39 is 18.3 Å². The Hall–Kier alpha value is -1.05. The van der Waals surface area contributed by atoms with Gasteiger partial charge in [0.1, 0.15) is 11.9 Å². The van der Waals surface area contributed by atoms with Crippen LogP contribution < -0.4 is 4.74 Å². The molecule has 1 aromatic rings. The minimum Gasteiger partial charge on any atom is -0.489 e. The Kier molecular flexibility index (Phi) is 5.19. The molecule has 1 aliphatic rings. The van der Waals surface area contributed by atoms with E-state index in [0.717, 1.165) is 6.92 Å². The fourth-order valence-electron chi connectivity index (χ4n) is 2.36. The van der Waals surface area contributed by atoms with E-state index in [1.807, 2.05) is 0 Å². The molecule has 1 atom stereocenters. The first-order valence-corrected chi connectivity index (χ1v) is 7.34. The lowest BCUT2D eigenvalue weighted by molar-refractivity contribution is -0.258. The highest BCUT2D eigenvalue weighted by Crippen LogP contribution is 2.31. The number of aliphatic hydroxyl groups is 1. The van der Waals surface area contributed by atoms with Crippen molar-refractivity contribution in [2.75, 3.05) is 19.6 Å². The third-order valence-corrected chi connectivity index (χ3v) is 3.87. The first-order valence-electron chi connectivity index (χ1n) is 6.96. The smallest absolute Gasteiger partial charge is 0.418 e. The molecule has 4 nitrogen and oxygen atoms in total. The van der Waals surface area contributed by atoms with Crippen LogP contribution in [0.1, 0.15) is 19.8 Å². The van der Waals surface area contributed by atoms with E-state index in [1.54, 1.807) is 17.2 Å². The van der Waals surface area contributed by atoms with Crippen LogP contribution in [0.15, 0.2) is 18.5 Å². The monoisotopic (exact) mass is 338 g/mol. The molecule has 0 saturated carbocycles. The van der Waals surface area contributed by atoms with Crippen molar-refractivity contribution in [1.29, 1.82) is 0 Å². The summed E-state index contributed by atoms with van der Waals surface area (Å²) in [5, 5.41) is 9.98. The van der Waals surface area contributed by atoms with Crippen molar-refractivity contribution in [3.05, 3.63) is 23.5 Å². The highest BCUT2D eigenvalue weighted by atomic mass is 35.5. The highest BCUT2D eigenvalue weighted by molar-refractivity contribution is 6.30. The number of alkyl halides is 3. The van der Waals surface area contributed by atoms with Crippen molar-refractivity contribution >= 4 is 11.6 Å². The predicted octanol–water partition coefficient (Wildman–Crippen LogP) is 2.89. The Morgan fingerprint density at radius 3 is 2.55 bits per heavy atom. The molecule has 0 unspecified atom stereocenters. The Morgan fingerprint density at radius 2 is 2.00 bits per heavy atom. The molecule has 0 spiro atoms. The van der Waals surface area contributed by atoms with E-state index in [1.165, 1.54) is 6.20 Å². The number of β-amino-alcohol motifs (C(OH)–C–C–N with tert-alkyl or cyclic N) is 1. The van der Waals surface area contributed by atoms with Crippen molar-refractivity contribution < 1.29 is 23.0 Å². The number of hydrogen-bond acceptors (Lipinski definition) is 4. The maximum Gasteiger partial charge on any atom is 0.418 e. The second-order valence-corrected chi connectivity index (χ2v) is 6.14. The summed E-state index contributed by atoms with van der Waals surface area (Å²) in [6.07, 6.45) is -0.510. The molecule has 0 aliphatic carbocycles. The summed E-state index contributed by atoms with van der Waals surface area (Å²) in [7, 11) is 0. The minimum absolute atomic E-state index is 0.0904. The van der Waals surface area contributed by atoms with E-state index in [0.29, 0.717) is 36.7 Å². The maximum atomic E-state index is 12.7. The topological polar surface area (TPSA) is 45.6 Å². The number of likely N-dealkylation sites (tertiary alicyclic amines) is 1. The molecule has 1 fully saturated rings. The van der Waals surface area contributed by atoms with E-state index in [-0.39, 0.29) is 6.10 Å². The molecule has 1 N–H and O–H groups in total. The SMILES string of the molecule is C[C@@](O)(CN1CCC(Oc2cncc(Cl)c2)CC1)C(F)(F)F. The quantitative estimate of drug-likeness (QED) is 0.917. The van der Waals surface area contributed by atoms with E-state index in [4.69, 9.17) is 16.3 Å². The van der Waals surface area contributed by atoms with Crippen molar-refractivity contribution in [3.8, 4) is 5.75 Å². The molecule has 0 aromatic carbocycles. The molecule has 1 aromatic heterocycles. The minimum atomic E-state index is -4.63. The normalized spacial score (nSPS) is 20.6. The summed E-state index contributed by atoms with van der Waals surface area (Å²) in [5.74, 6) is 0.549. The van der Waals surface area contributed by atoms with E-state index >= 15 is 0 Å². The maximum absolute atomic E-state index is 12.7. The summed E-state index contributed by atoms with van der Waals surface area (Å²) in [5.41, 5.74) is -2.70. The van der Waals surface area contributed by atoms with Gasteiger partial charge in [0.05, 0.1) is 11.2 Å². The summed E-state index contributed by atoms with van der Waals surface area (Å²) < 4.78 is 43.7. The third-order valence-electron chi connectivity index (χ3n) is 3.66. The van der Waals surface area contributed by atoms with Gasteiger partial charge in [0, 0.05) is 31.9 Å². The van der Waals surface area contributed by atoms with Gasteiger partial charge in [-0.15, -0.1) is 0 Å². The molecule has 0 amide bonds. The second kappa shape index (κ2) is 6.60. The molecule has 1 aliphatic heterocycles. The first-order chi connectivity index (χ1) is 10.2. The summed E-state index contributed by atoms with van der Waals surface area (Å²) in [4.78, 5) is 5.52. The van der Waals surface area contributed by atoms with Crippen molar-refractivity contribution in [3.63, 3.8) is 0 Å². The fraction of sp³-hybridized carbons (Fsp3) is 0.643. The molecule has 8 heteroatoms. The van der Waals surface area contributed by atoms with Gasteiger partial charge >= 0.3 is 6.18 Å². The summed E-state index contributed by atoms with van der Waals surface area (Å²) >= 11 is 5.82. The molecule has 2 heterocycles. The lowest BCUT2D eigenvalue weighted by Crippen LogP contribution is -2.53. The van der Waals surface area contributed by atoms with Crippen LogP contribution in [-0.2, 0) is 0 Å². The van der Waals surface area contributed by atoms with Gasteiger partial charge in [-0.2, -0.15) is 13.2 Å². The lowest BCUT2D eigenvalue weighted by Gasteiger charge is -2.37. The Balaban J connectivity index is 1.83. The number of pyridine rings is 1. The molecule has 0 bridgehead atoms. The molecular weight excluding hydrogens is 321 g/mol. The standard InChI is InChI=1S/C14H18ClF3N2O2/c1-13(21,14(16,17)18)9-20-4-2-11(3-5-20)22-12-6-10(15)7-19-8-12/h6-8,11,21H,2-5,9H2,1H3/t13-/m1/s1. The van der Waals surface area contributed by atoms with E-state index in [9.17, 15) is 18.3 Å². The number of hydrogen-bond donors (Lipinski definition) is 1. The van der Waals surface area contributed by atoms with Crippen molar-refractivity contribution in [1.82, 2.24) is 9.88 Å². The number of nitrogens with zero attached hydrogens (tertiary/aromatic N) is 2. The molecule has 1 saturated heterocycles. The first kappa shape index (κ1) is 17.3. The lowest BCUT2D eigenvalue weighted by atomic mass is 10.0. The second-order valence-electron chi connectivity index (χ2n) is 5.70. The number of halogens is 4. The number of ether oxygens (including phenoxy) is 1. The van der Waals surface area contributed by atoms with Gasteiger partial charge in [-0.1, -0.05) is 11.6 Å². The van der Waals surface area contributed by atoms with Crippen LogP contribution in [0.25, 0.3) is 0 Å². The van der Waals surface area contributed by atoms with Gasteiger partial charge in [0.15, 0.2) is 5.60 Å². The largest absolute Gasteiger partial charge is 0.489 e. The van der Waals surface area contributed by atoms with E-state index in [2.05, 4.69) is 4.98 Å². The number of rotatable bonds is 4. The summed E-state index contributed by atoms with van der Waals surface area (Å²) in [6, 6.07) is 1.65. The van der Waals surface area contributed by atoms with Crippen LogP contribution in [0.3, 0.4) is 0 Å². The van der Waals surface area contributed by atoms with Crippen LogP contribution in [0.4, 0.5) is 13.2 Å². The average Bonchev–Trinajstić information content (AvgIpc) is 2.39. The van der Waals surface area contributed by atoms with Crippen LogP contribution in [0, 0.1) is 0 Å². The van der Waals surface area contributed by atoms with Gasteiger partial charge in [-0.05, 0) is 19.8 Å². The van der Waals surface area contributed by atoms with Crippen LogP contribution in [-0.4, -0.2) is 52.5 Å². The summed E-state index contributed by atoms with van der Waals surface area (Å²) in [6.45, 7) is 1.24. The fourth-order valence-corrected chi connectivity index (χ4v) is 2.52. The van der Waals surface area contributed by atoms with Crippen LogP contribution >= 0.6 is 11.6 Å². The van der Waals surface area contributed by atoms with Gasteiger partial charge < -0.3 is 9.84 Å². The number of piperidine rings is 1. The third kappa shape index (κ3) is 4.47. The Labute approximate surface area is 131 Å². The predicted molar refractivity (Wildman–Crippen MR) is 76.0 cm³/mol. The average molecular weight is 339 g/mol. The van der Waals surface area contributed by atoms with Gasteiger partial charge in [0.2, 0.25) is 0 Å².